The van der Waals surface area contributed by atoms with Crippen molar-refractivity contribution >= 4 is 40.6 Å². The molecule has 0 saturated carbocycles. The van der Waals surface area contributed by atoms with Crippen LogP contribution in [0.3, 0.4) is 0 Å². The summed E-state index contributed by atoms with van der Waals surface area (Å²) >= 11 is 1.29. The van der Waals surface area contributed by atoms with Gasteiger partial charge in [0.15, 0.2) is 5.17 Å². The summed E-state index contributed by atoms with van der Waals surface area (Å²) in [7, 11) is 0. The van der Waals surface area contributed by atoms with Crippen LogP contribution in [0.25, 0.3) is 17.4 Å². The number of carboxylic acid groups (broad SMARTS) is 1. The van der Waals surface area contributed by atoms with E-state index in [-0.39, 0.29) is 11.5 Å². The third-order valence-corrected chi connectivity index (χ3v) is 5.78. The zero-order valence-corrected chi connectivity index (χ0v) is 18.1. The molecule has 3 aromatic rings. The predicted octanol–water partition coefficient (Wildman–Crippen LogP) is 5.74. The van der Waals surface area contributed by atoms with Crippen molar-refractivity contribution in [3.63, 3.8) is 0 Å². The second-order valence-corrected chi connectivity index (χ2v) is 8.14. The molecule has 1 fully saturated rings. The average molecular weight is 445 g/mol. The molecule has 0 aliphatic carbocycles. The third-order valence-electron chi connectivity index (χ3n) is 4.77. The van der Waals surface area contributed by atoms with Gasteiger partial charge in [-0.1, -0.05) is 35.9 Å². The molecule has 2 aromatic carbocycles. The number of aryl methyl sites for hydroxylation is 1. The maximum Gasteiger partial charge on any atom is 0.335 e. The molecule has 7 heteroatoms. The Kier molecular flexibility index (Phi) is 6.09. The first kappa shape index (κ1) is 21.4. The van der Waals surface area contributed by atoms with Gasteiger partial charge in [-0.3, -0.25) is 9.69 Å². The lowest BCUT2D eigenvalue weighted by Crippen LogP contribution is -2.29. The number of thioether (sulfide) groups is 1. The molecule has 0 atom stereocenters. The van der Waals surface area contributed by atoms with E-state index in [2.05, 4.69) is 11.6 Å². The number of rotatable bonds is 6. The van der Waals surface area contributed by atoms with Gasteiger partial charge in [-0.05, 0) is 55.1 Å². The lowest BCUT2D eigenvalue weighted by Gasteiger charge is -2.12. The largest absolute Gasteiger partial charge is 0.478 e. The summed E-state index contributed by atoms with van der Waals surface area (Å²) < 4.78 is 5.87. The molecule has 0 radical (unpaired) electrons. The van der Waals surface area contributed by atoms with Gasteiger partial charge in [0.25, 0.3) is 5.91 Å². The predicted molar refractivity (Wildman–Crippen MR) is 127 cm³/mol. The van der Waals surface area contributed by atoms with Crippen molar-refractivity contribution in [1.82, 2.24) is 4.90 Å². The molecular weight excluding hydrogens is 424 g/mol. The molecule has 0 spiro atoms. The minimum atomic E-state index is -0.981. The van der Waals surface area contributed by atoms with E-state index in [0.717, 1.165) is 16.8 Å². The first-order chi connectivity index (χ1) is 15.4. The van der Waals surface area contributed by atoms with Crippen LogP contribution in [-0.4, -0.2) is 33.6 Å². The SMILES string of the molecule is C=CCN1C(=O)/C(=C/c2ccc(-c3ccc(C(=O)O)cc3)o2)SC1=Nc1ccc(C)cc1. The van der Waals surface area contributed by atoms with Crippen molar-refractivity contribution in [3.05, 3.63) is 95.1 Å². The zero-order valence-electron chi connectivity index (χ0n) is 17.3. The fourth-order valence-electron chi connectivity index (χ4n) is 3.10. The second-order valence-electron chi connectivity index (χ2n) is 7.13. The van der Waals surface area contributed by atoms with Crippen LogP contribution in [0.1, 0.15) is 21.7 Å². The topological polar surface area (TPSA) is 83.1 Å². The molecule has 1 amide bonds. The first-order valence-electron chi connectivity index (χ1n) is 9.86. The number of furan rings is 1. The van der Waals surface area contributed by atoms with Crippen molar-refractivity contribution in [2.75, 3.05) is 6.54 Å². The standard InChI is InChI=1S/C25H20N2O4S/c1-3-14-27-23(28)22(32-25(27)26-19-10-4-16(2)5-11-19)15-20-12-13-21(31-20)17-6-8-18(9-7-17)24(29)30/h3-13,15H,1,14H2,2H3,(H,29,30)/b22-15-,26-25?. The molecule has 1 aromatic heterocycles. The summed E-state index contributed by atoms with van der Waals surface area (Å²) in [5.41, 5.74) is 2.86. The molecule has 0 unspecified atom stereocenters. The number of hydrogen-bond acceptors (Lipinski definition) is 5. The first-order valence-corrected chi connectivity index (χ1v) is 10.7. The molecular formula is C25H20N2O4S. The van der Waals surface area contributed by atoms with Crippen LogP contribution < -0.4 is 0 Å². The Bertz CT molecular complexity index is 1240. The van der Waals surface area contributed by atoms with E-state index >= 15 is 0 Å². The lowest BCUT2D eigenvalue weighted by atomic mass is 10.1. The van der Waals surface area contributed by atoms with Gasteiger partial charge in [0.2, 0.25) is 0 Å². The number of carbonyl (C=O) groups is 2. The minimum Gasteiger partial charge on any atom is -0.478 e. The fraction of sp³-hybridized carbons (Fsp3) is 0.0800. The van der Waals surface area contributed by atoms with Crippen molar-refractivity contribution in [2.45, 2.75) is 6.92 Å². The number of amides is 1. The quantitative estimate of drug-likeness (QED) is 0.387. The van der Waals surface area contributed by atoms with Crippen LogP contribution in [-0.2, 0) is 4.79 Å². The monoisotopic (exact) mass is 444 g/mol. The van der Waals surface area contributed by atoms with Gasteiger partial charge in [0.05, 0.1) is 16.2 Å². The number of amidine groups is 1. The summed E-state index contributed by atoms with van der Waals surface area (Å²) in [6.07, 6.45) is 3.35. The van der Waals surface area contributed by atoms with Crippen molar-refractivity contribution in [1.29, 1.82) is 0 Å². The number of nitrogens with zero attached hydrogens (tertiary/aromatic N) is 2. The van der Waals surface area contributed by atoms with Gasteiger partial charge in [-0.2, -0.15) is 0 Å². The highest BCUT2D eigenvalue weighted by molar-refractivity contribution is 8.18. The van der Waals surface area contributed by atoms with Gasteiger partial charge in [-0.15, -0.1) is 6.58 Å². The smallest absolute Gasteiger partial charge is 0.335 e. The minimum absolute atomic E-state index is 0.162. The molecule has 0 bridgehead atoms. The highest BCUT2D eigenvalue weighted by Crippen LogP contribution is 2.35. The van der Waals surface area contributed by atoms with Crippen molar-refractivity contribution < 1.29 is 19.1 Å². The maximum absolute atomic E-state index is 12.9. The van der Waals surface area contributed by atoms with E-state index in [1.807, 2.05) is 31.2 Å². The van der Waals surface area contributed by atoms with Crippen LogP contribution in [0, 0.1) is 6.92 Å². The van der Waals surface area contributed by atoms with Gasteiger partial charge in [0.1, 0.15) is 11.5 Å². The molecule has 1 aliphatic heterocycles. The van der Waals surface area contributed by atoms with E-state index in [9.17, 15) is 9.59 Å². The van der Waals surface area contributed by atoms with Gasteiger partial charge in [0, 0.05) is 18.2 Å². The summed E-state index contributed by atoms with van der Waals surface area (Å²) in [6.45, 7) is 6.10. The van der Waals surface area contributed by atoms with Crippen LogP contribution in [0.4, 0.5) is 5.69 Å². The number of hydrogen-bond donors (Lipinski definition) is 1. The van der Waals surface area contributed by atoms with Crippen LogP contribution >= 0.6 is 11.8 Å². The van der Waals surface area contributed by atoms with Crippen LogP contribution in [0.5, 0.6) is 0 Å². The molecule has 160 valence electrons. The number of aromatic carboxylic acids is 1. The van der Waals surface area contributed by atoms with E-state index in [1.54, 1.807) is 41.3 Å². The fourth-order valence-corrected chi connectivity index (χ4v) is 4.09. The van der Waals surface area contributed by atoms with E-state index in [4.69, 9.17) is 9.52 Å². The van der Waals surface area contributed by atoms with Crippen molar-refractivity contribution in [3.8, 4) is 11.3 Å². The number of carbonyl (C=O) groups excluding carboxylic acids is 1. The number of benzene rings is 2. The summed E-state index contributed by atoms with van der Waals surface area (Å²) in [5.74, 6) is -0.0380. The van der Waals surface area contributed by atoms with Crippen LogP contribution in [0.15, 0.2) is 87.6 Å². The highest BCUT2D eigenvalue weighted by Gasteiger charge is 2.32. The van der Waals surface area contributed by atoms with Gasteiger partial charge in [-0.25, -0.2) is 9.79 Å². The Hall–Kier alpha value is -3.84. The lowest BCUT2D eigenvalue weighted by molar-refractivity contribution is -0.121. The second kappa shape index (κ2) is 9.11. The molecule has 1 aliphatic rings. The Morgan fingerprint density at radius 3 is 2.50 bits per heavy atom. The summed E-state index contributed by atoms with van der Waals surface area (Å²) in [4.78, 5) is 30.7. The molecule has 2 heterocycles. The van der Waals surface area contributed by atoms with E-state index in [0.29, 0.717) is 28.1 Å². The highest BCUT2D eigenvalue weighted by atomic mass is 32.2. The number of carboxylic acids is 1. The molecule has 6 nitrogen and oxygen atoms in total. The average Bonchev–Trinajstić information content (AvgIpc) is 3.36. The Morgan fingerprint density at radius 1 is 1.12 bits per heavy atom. The van der Waals surface area contributed by atoms with Gasteiger partial charge < -0.3 is 9.52 Å². The number of aliphatic imine (C=N–C) groups is 1. The Morgan fingerprint density at radius 2 is 1.84 bits per heavy atom. The van der Waals surface area contributed by atoms with Gasteiger partial charge >= 0.3 is 5.97 Å². The Balaban J connectivity index is 1.59. The summed E-state index contributed by atoms with van der Waals surface area (Å²) in [5, 5.41) is 9.62. The summed E-state index contributed by atoms with van der Waals surface area (Å²) in [6, 6.07) is 17.8. The van der Waals surface area contributed by atoms with E-state index < -0.39 is 5.97 Å². The third kappa shape index (κ3) is 4.58. The molecule has 1 saturated heterocycles. The van der Waals surface area contributed by atoms with E-state index in [1.165, 1.54) is 23.9 Å². The van der Waals surface area contributed by atoms with Crippen LogP contribution in [0.2, 0.25) is 0 Å². The Labute approximate surface area is 189 Å². The normalized spacial score (nSPS) is 16.2. The molecule has 4 rings (SSSR count). The zero-order chi connectivity index (χ0) is 22.7. The maximum atomic E-state index is 12.9. The molecule has 1 N–H and O–H groups in total. The van der Waals surface area contributed by atoms with Crippen molar-refractivity contribution in [2.24, 2.45) is 4.99 Å². The molecule has 32 heavy (non-hydrogen) atoms.